The first kappa shape index (κ1) is 9.48. The molecule has 1 atom stereocenters. The Labute approximate surface area is 72.7 Å². The standard InChI is InChI=1S/C8H17N3O/c9-5-7(10)8(12)11-6-3-1-2-4-6/h6-7H,1-5,9-10H2,(H,11,12)/t7-/m1/s1. The van der Waals surface area contributed by atoms with Crippen molar-refractivity contribution in [3.8, 4) is 0 Å². The van der Waals surface area contributed by atoms with Gasteiger partial charge in [-0.1, -0.05) is 12.8 Å². The monoisotopic (exact) mass is 171 g/mol. The van der Waals surface area contributed by atoms with Gasteiger partial charge < -0.3 is 16.8 Å². The molecule has 1 aliphatic rings. The van der Waals surface area contributed by atoms with Crippen LogP contribution in [0.25, 0.3) is 0 Å². The summed E-state index contributed by atoms with van der Waals surface area (Å²) in [5.74, 6) is -0.107. The Kier molecular flexibility index (Phi) is 3.49. The van der Waals surface area contributed by atoms with E-state index in [1.165, 1.54) is 12.8 Å². The van der Waals surface area contributed by atoms with Crippen molar-refractivity contribution < 1.29 is 4.79 Å². The SMILES string of the molecule is NC[C@@H](N)C(=O)NC1CCCC1. The Balaban J connectivity index is 2.25. The number of carbonyl (C=O) groups excluding carboxylic acids is 1. The average Bonchev–Trinajstić information content (AvgIpc) is 2.55. The van der Waals surface area contributed by atoms with Crippen molar-refractivity contribution >= 4 is 5.91 Å². The van der Waals surface area contributed by atoms with Gasteiger partial charge in [-0.05, 0) is 12.8 Å². The highest BCUT2D eigenvalue weighted by Gasteiger charge is 2.19. The van der Waals surface area contributed by atoms with Crippen molar-refractivity contribution in [2.24, 2.45) is 11.5 Å². The summed E-state index contributed by atoms with van der Waals surface area (Å²) >= 11 is 0. The van der Waals surface area contributed by atoms with E-state index in [4.69, 9.17) is 11.5 Å². The Morgan fingerprint density at radius 2 is 2.08 bits per heavy atom. The van der Waals surface area contributed by atoms with E-state index in [0.29, 0.717) is 6.04 Å². The predicted octanol–water partition coefficient (Wildman–Crippen LogP) is -0.669. The number of rotatable bonds is 3. The Hall–Kier alpha value is -0.610. The molecule has 0 spiro atoms. The maximum atomic E-state index is 11.2. The van der Waals surface area contributed by atoms with Crippen LogP contribution in [0.4, 0.5) is 0 Å². The van der Waals surface area contributed by atoms with Crippen LogP contribution >= 0.6 is 0 Å². The van der Waals surface area contributed by atoms with Gasteiger partial charge in [0.2, 0.25) is 5.91 Å². The smallest absolute Gasteiger partial charge is 0.238 e. The number of amides is 1. The molecule has 1 amide bonds. The van der Waals surface area contributed by atoms with Gasteiger partial charge in [0.05, 0.1) is 6.04 Å². The third-order valence-electron chi connectivity index (χ3n) is 2.29. The molecule has 0 heterocycles. The van der Waals surface area contributed by atoms with Crippen molar-refractivity contribution in [1.29, 1.82) is 0 Å². The highest BCUT2D eigenvalue weighted by atomic mass is 16.2. The normalized spacial score (nSPS) is 20.8. The molecule has 4 heteroatoms. The van der Waals surface area contributed by atoms with Crippen LogP contribution in [-0.4, -0.2) is 24.5 Å². The molecule has 0 aliphatic heterocycles. The number of carbonyl (C=O) groups is 1. The molecule has 1 aliphatic carbocycles. The van der Waals surface area contributed by atoms with E-state index in [2.05, 4.69) is 5.32 Å². The molecule has 0 saturated heterocycles. The molecule has 70 valence electrons. The van der Waals surface area contributed by atoms with Gasteiger partial charge in [0.25, 0.3) is 0 Å². The predicted molar refractivity (Wildman–Crippen MR) is 47.4 cm³/mol. The second kappa shape index (κ2) is 4.42. The van der Waals surface area contributed by atoms with Gasteiger partial charge in [-0.25, -0.2) is 0 Å². The van der Waals surface area contributed by atoms with E-state index >= 15 is 0 Å². The molecule has 1 saturated carbocycles. The van der Waals surface area contributed by atoms with Crippen LogP contribution in [0.1, 0.15) is 25.7 Å². The topological polar surface area (TPSA) is 81.1 Å². The Morgan fingerprint density at radius 1 is 1.50 bits per heavy atom. The van der Waals surface area contributed by atoms with Crippen LogP contribution < -0.4 is 16.8 Å². The molecule has 0 unspecified atom stereocenters. The summed E-state index contributed by atoms with van der Waals surface area (Å²) in [6.07, 6.45) is 4.59. The third kappa shape index (κ3) is 2.46. The van der Waals surface area contributed by atoms with Crippen LogP contribution in [-0.2, 0) is 4.79 Å². The zero-order valence-corrected chi connectivity index (χ0v) is 7.25. The summed E-state index contributed by atoms with van der Waals surface area (Å²) < 4.78 is 0. The fraction of sp³-hybridized carbons (Fsp3) is 0.875. The van der Waals surface area contributed by atoms with E-state index in [1.54, 1.807) is 0 Å². The van der Waals surface area contributed by atoms with E-state index in [9.17, 15) is 4.79 Å². The number of hydrogen-bond donors (Lipinski definition) is 3. The highest BCUT2D eigenvalue weighted by molar-refractivity contribution is 5.82. The summed E-state index contributed by atoms with van der Waals surface area (Å²) in [6, 6.07) is -0.194. The van der Waals surface area contributed by atoms with Crippen molar-refractivity contribution in [2.45, 2.75) is 37.8 Å². The third-order valence-corrected chi connectivity index (χ3v) is 2.29. The summed E-state index contributed by atoms with van der Waals surface area (Å²) in [5.41, 5.74) is 10.7. The van der Waals surface area contributed by atoms with Crippen molar-refractivity contribution in [3.05, 3.63) is 0 Å². The quantitative estimate of drug-likeness (QED) is 0.527. The van der Waals surface area contributed by atoms with E-state index in [1.807, 2.05) is 0 Å². The van der Waals surface area contributed by atoms with E-state index in [0.717, 1.165) is 12.8 Å². The minimum absolute atomic E-state index is 0.107. The molecule has 0 bridgehead atoms. The van der Waals surface area contributed by atoms with E-state index in [-0.39, 0.29) is 12.5 Å². The lowest BCUT2D eigenvalue weighted by Crippen LogP contribution is -2.48. The molecule has 0 radical (unpaired) electrons. The molecule has 0 aromatic heterocycles. The first-order chi connectivity index (χ1) is 5.74. The molecule has 0 aromatic carbocycles. The van der Waals surface area contributed by atoms with Gasteiger partial charge >= 0.3 is 0 Å². The van der Waals surface area contributed by atoms with Gasteiger partial charge in [-0.2, -0.15) is 0 Å². The maximum Gasteiger partial charge on any atom is 0.238 e. The number of hydrogen-bond acceptors (Lipinski definition) is 3. The van der Waals surface area contributed by atoms with Gasteiger partial charge in [0, 0.05) is 12.6 Å². The van der Waals surface area contributed by atoms with Crippen LogP contribution in [0.3, 0.4) is 0 Å². The lowest BCUT2D eigenvalue weighted by atomic mass is 10.2. The molecular weight excluding hydrogens is 154 g/mol. The highest BCUT2D eigenvalue weighted by Crippen LogP contribution is 2.17. The van der Waals surface area contributed by atoms with Gasteiger partial charge in [0.15, 0.2) is 0 Å². The van der Waals surface area contributed by atoms with Gasteiger partial charge in [-0.15, -0.1) is 0 Å². The first-order valence-corrected chi connectivity index (χ1v) is 4.50. The lowest BCUT2D eigenvalue weighted by molar-refractivity contribution is -0.122. The van der Waals surface area contributed by atoms with Crippen LogP contribution in [0.15, 0.2) is 0 Å². The zero-order chi connectivity index (χ0) is 8.97. The lowest BCUT2D eigenvalue weighted by Gasteiger charge is -2.14. The first-order valence-electron chi connectivity index (χ1n) is 4.50. The zero-order valence-electron chi connectivity index (χ0n) is 7.25. The van der Waals surface area contributed by atoms with Crippen molar-refractivity contribution in [3.63, 3.8) is 0 Å². The summed E-state index contributed by atoms with van der Waals surface area (Å²) in [6.45, 7) is 0.221. The molecule has 0 aromatic rings. The molecule has 5 N–H and O–H groups in total. The Bertz CT molecular complexity index is 154. The molecule has 4 nitrogen and oxygen atoms in total. The second-order valence-electron chi connectivity index (χ2n) is 3.33. The molecule has 1 fully saturated rings. The van der Waals surface area contributed by atoms with Gasteiger partial charge in [-0.3, -0.25) is 4.79 Å². The van der Waals surface area contributed by atoms with Crippen molar-refractivity contribution in [2.75, 3.05) is 6.54 Å². The summed E-state index contributed by atoms with van der Waals surface area (Å²) in [4.78, 5) is 11.2. The maximum absolute atomic E-state index is 11.2. The minimum Gasteiger partial charge on any atom is -0.352 e. The second-order valence-corrected chi connectivity index (χ2v) is 3.33. The number of nitrogens with two attached hydrogens (primary N) is 2. The summed E-state index contributed by atoms with van der Waals surface area (Å²) in [5, 5.41) is 2.89. The van der Waals surface area contributed by atoms with Gasteiger partial charge in [0.1, 0.15) is 0 Å². The molecular formula is C8H17N3O. The molecule has 12 heavy (non-hydrogen) atoms. The van der Waals surface area contributed by atoms with E-state index < -0.39 is 6.04 Å². The minimum atomic E-state index is -0.536. The van der Waals surface area contributed by atoms with Crippen LogP contribution in [0.2, 0.25) is 0 Å². The Morgan fingerprint density at radius 3 is 2.58 bits per heavy atom. The average molecular weight is 171 g/mol. The fourth-order valence-corrected chi connectivity index (χ4v) is 1.49. The van der Waals surface area contributed by atoms with Crippen molar-refractivity contribution in [1.82, 2.24) is 5.32 Å². The summed E-state index contributed by atoms with van der Waals surface area (Å²) in [7, 11) is 0. The molecule has 1 rings (SSSR count). The largest absolute Gasteiger partial charge is 0.352 e. The fourth-order valence-electron chi connectivity index (χ4n) is 1.49. The number of nitrogens with one attached hydrogen (secondary N) is 1. The van der Waals surface area contributed by atoms with Crippen LogP contribution in [0.5, 0.6) is 0 Å². The van der Waals surface area contributed by atoms with Crippen LogP contribution in [0, 0.1) is 0 Å².